The summed E-state index contributed by atoms with van der Waals surface area (Å²) in [6.07, 6.45) is 2.19. The zero-order chi connectivity index (χ0) is 10.7. The Morgan fingerprint density at radius 3 is 2.21 bits per heavy atom. The molecule has 0 amide bonds. The lowest BCUT2D eigenvalue weighted by Crippen LogP contribution is -2.10. The van der Waals surface area contributed by atoms with Crippen LogP contribution in [0.4, 0.5) is 0 Å². The third kappa shape index (κ3) is 2.58. The van der Waals surface area contributed by atoms with Crippen LogP contribution in [0.2, 0.25) is 0 Å². The van der Waals surface area contributed by atoms with E-state index < -0.39 is 0 Å². The summed E-state index contributed by atoms with van der Waals surface area (Å²) in [4.78, 5) is 0. The summed E-state index contributed by atoms with van der Waals surface area (Å²) in [6, 6.07) is 4.54. The number of nitrogens with two attached hydrogens (primary N) is 1. The molecule has 1 aromatic carbocycles. The van der Waals surface area contributed by atoms with Crippen LogP contribution in [-0.2, 0) is 0 Å². The highest BCUT2D eigenvalue weighted by Gasteiger charge is 2.08. The van der Waals surface area contributed by atoms with E-state index in [4.69, 9.17) is 5.73 Å². The Kier molecular flexibility index (Phi) is 4.14. The third-order valence-corrected chi connectivity index (χ3v) is 3.74. The molecule has 1 aromatic rings. The average Bonchev–Trinajstić information content (AvgIpc) is 2.13. The molecule has 2 N–H and O–H groups in total. The van der Waals surface area contributed by atoms with Crippen LogP contribution in [0.15, 0.2) is 16.6 Å². The predicted molar refractivity (Wildman–Crippen MR) is 65.5 cm³/mol. The van der Waals surface area contributed by atoms with E-state index in [0.29, 0.717) is 0 Å². The zero-order valence-corrected chi connectivity index (χ0v) is 10.7. The van der Waals surface area contributed by atoms with Gasteiger partial charge in [0.15, 0.2) is 0 Å². The lowest BCUT2D eigenvalue weighted by molar-refractivity contribution is 0.637. The van der Waals surface area contributed by atoms with Crippen molar-refractivity contribution in [3.05, 3.63) is 33.3 Å². The van der Waals surface area contributed by atoms with Crippen molar-refractivity contribution in [3.63, 3.8) is 0 Å². The fourth-order valence-corrected chi connectivity index (χ4v) is 1.90. The molecule has 0 fully saturated rings. The van der Waals surface area contributed by atoms with E-state index in [9.17, 15) is 0 Å². The van der Waals surface area contributed by atoms with Crippen LogP contribution in [-0.4, -0.2) is 0 Å². The van der Waals surface area contributed by atoms with Crippen molar-refractivity contribution in [1.82, 2.24) is 0 Å². The number of halogens is 1. The van der Waals surface area contributed by atoms with Crippen LogP contribution < -0.4 is 5.73 Å². The molecule has 0 bridgehead atoms. The Hall–Kier alpha value is -0.340. The maximum atomic E-state index is 6.08. The van der Waals surface area contributed by atoms with Gasteiger partial charge in [0.05, 0.1) is 0 Å². The smallest absolute Gasteiger partial charge is 0.0294 e. The first-order valence-corrected chi connectivity index (χ1v) is 5.87. The summed E-state index contributed by atoms with van der Waals surface area (Å²) in [5, 5.41) is 0. The summed E-state index contributed by atoms with van der Waals surface area (Å²) >= 11 is 3.56. The maximum Gasteiger partial charge on any atom is 0.0294 e. The van der Waals surface area contributed by atoms with Crippen molar-refractivity contribution in [2.24, 2.45) is 5.73 Å². The first-order chi connectivity index (χ1) is 6.56. The molecule has 1 atom stereocenters. The van der Waals surface area contributed by atoms with Gasteiger partial charge < -0.3 is 5.73 Å². The molecular weight excluding hydrogens is 238 g/mol. The Morgan fingerprint density at radius 1 is 1.29 bits per heavy atom. The minimum Gasteiger partial charge on any atom is -0.324 e. The van der Waals surface area contributed by atoms with E-state index in [0.717, 1.165) is 12.8 Å². The van der Waals surface area contributed by atoms with Gasteiger partial charge in [-0.1, -0.05) is 41.4 Å². The first kappa shape index (κ1) is 11.7. The summed E-state index contributed by atoms with van der Waals surface area (Å²) in [5.41, 5.74) is 9.87. The SMILES string of the molecule is CCC[C@@H](N)c1cc(C)c(Br)c(C)c1. The van der Waals surface area contributed by atoms with Crippen molar-refractivity contribution in [2.75, 3.05) is 0 Å². The zero-order valence-electron chi connectivity index (χ0n) is 9.10. The highest BCUT2D eigenvalue weighted by atomic mass is 79.9. The van der Waals surface area contributed by atoms with Crippen molar-refractivity contribution in [2.45, 2.75) is 39.7 Å². The molecule has 0 aliphatic carbocycles. The second-order valence-electron chi connectivity index (χ2n) is 3.86. The second-order valence-corrected chi connectivity index (χ2v) is 4.66. The molecule has 1 nitrogen and oxygen atoms in total. The molecule has 2 heteroatoms. The molecule has 1 rings (SSSR count). The fraction of sp³-hybridized carbons (Fsp3) is 0.500. The monoisotopic (exact) mass is 255 g/mol. The lowest BCUT2D eigenvalue weighted by Gasteiger charge is -2.14. The largest absolute Gasteiger partial charge is 0.324 e. The minimum absolute atomic E-state index is 0.186. The van der Waals surface area contributed by atoms with Crippen LogP contribution >= 0.6 is 15.9 Å². The van der Waals surface area contributed by atoms with Gasteiger partial charge >= 0.3 is 0 Å². The summed E-state index contributed by atoms with van der Waals surface area (Å²) in [7, 11) is 0. The van der Waals surface area contributed by atoms with Gasteiger partial charge in [0.25, 0.3) is 0 Å². The van der Waals surface area contributed by atoms with Crippen molar-refractivity contribution >= 4 is 15.9 Å². The van der Waals surface area contributed by atoms with Gasteiger partial charge in [0.2, 0.25) is 0 Å². The molecule has 0 heterocycles. The van der Waals surface area contributed by atoms with Gasteiger partial charge in [-0.2, -0.15) is 0 Å². The summed E-state index contributed by atoms with van der Waals surface area (Å²) in [5.74, 6) is 0. The van der Waals surface area contributed by atoms with Gasteiger partial charge in [-0.05, 0) is 37.0 Å². The predicted octanol–water partition coefficient (Wildman–Crippen LogP) is 3.87. The van der Waals surface area contributed by atoms with Crippen molar-refractivity contribution in [1.29, 1.82) is 0 Å². The minimum atomic E-state index is 0.186. The molecule has 0 aliphatic rings. The molecule has 0 saturated carbocycles. The lowest BCUT2D eigenvalue weighted by atomic mass is 9.99. The third-order valence-electron chi connectivity index (χ3n) is 2.49. The topological polar surface area (TPSA) is 26.0 Å². The number of benzene rings is 1. The Labute approximate surface area is 94.8 Å². The van der Waals surface area contributed by atoms with E-state index in [1.807, 2.05) is 0 Å². The van der Waals surface area contributed by atoms with Gasteiger partial charge in [-0.3, -0.25) is 0 Å². The molecule has 0 aliphatic heterocycles. The van der Waals surface area contributed by atoms with Crippen molar-refractivity contribution in [3.8, 4) is 0 Å². The highest BCUT2D eigenvalue weighted by Crippen LogP contribution is 2.26. The Morgan fingerprint density at radius 2 is 1.79 bits per heavy atom. The Balaban J connectivity index is 3.00. The van der Waals surface area contributed by atoms with E-state index in [-0.39, 0.29) is 6.04 Å². The quantitative estimate of drug-likeness (QED) is 0.872. The summed E-state index contributed by atoms with van der Waals surface area (Å²) in [6.45, 7) is 6.39. The van der Waals surface area contributed by atoms with E-state index in [2.05, 4.69) is 48.8 Å². The van der Waals surface area contributed by atoms with Gasteiger partial charge in [0, 0.05) is 10.5 Å². The fourth-order valence-electron chi connectivity index (χ4n) is 1.67. The van der Waals surface area contributed by atoms with Gasteiger partial charge in [-0.15, -0.1) is 0 Å². The molecule has 14 heavy (non-hydrogen) atoms. The first-order valence-electron chi connectivity index (χ1n) is 5.08. The molecule has 78 valence electrons. The molecule has 0 saturated heterocycles. The van der Waals surface area contributed by atoms with Crippen LogP contribution in [0.5, 0.6) is 0 Å². The number of hydrogen-bond acceptors (Lipinski definition) is 1. The highest BCUT2D eigenvalue weighted by molar-refractivity contribution is 9.10. The van der Waals surface area contributed by atoms with Crippen LogP contribution in [0.1, 0.15) is 42.5 Å². The number of aryl methyl sites for hydroxylation is 2. The van der Waals surface area contributed by atoms with Gasteiger partial charge in [0.1, 0.15) is 0 Å². The molecule has 0 radical (unpaired) electrons. The van der Waals surface area contributed by atoms with Gasteiger partial charge in [-0.25, -0.2) is 0 Å². The standard InChI is InChI=1S/C12H18BrN/c1-4-5-11(14)10-6-8(2)12(13)9(3)7-10/h6-7,11H,4-5,14H2,1-3H3/t11-/m1/s1. The number of hydrogen-bond donors (Lipinski definition) is 1. The van der Waals surface area contributed by atoms with Crippen molar-refractivity contribution < 1.29 is 0 Å². The van der Waals surface area contributed by atoms with E-state index in [1.54, 1.807) is 0 Å². The number of rotatable bonds is 3. The van der Waals surface area contributed by atoms with Crippen LogP contribution in [0.3, 0.4) is 0 Å². The van der Waals surface area contributed by atoms with E-state index in [1.165, 1.54) is 21.2 Å². The molecule has 0 unspecified atom stereocenters. The Bertz CT molecular complexity index is 297. The molecular formula is C12H18BrN. The van der Waals surface area contributed by atoms with Crippen LogP contribution in [0.25, 0.3) is 0 Å². The van der Waals surface area contributed by atoms with Crippen LogP contribution in [0, 0.1) is 13.8 Å². The second kappa shape index (κ2) is 4.94. The van der Waals surface area contributed by atoms with E-state index >= 15 is 0 Å². The molecule has 0 spiro atoms. The average molecular weight is 256 g/mol. The normalized spacial score (nSPS) is 12.9. The molecule has 0 aromatic heterocycles. The summed E-state index contributed by atoms with van der Waals surface area (Å²) < 4.78 is 1.20. The maximum absolute atomic E-state index is 6.08.